The smallest absolute Gasteiger partial charge is 0.251 e. The number of hydrogen-bond donors (Lipinski definition) is 4. The van der Waals surface area contributed by atoms with Gasteiger partial charge >= 0.3 is 0 Å². The Morgan fingerprint density at radius 1 is 1.28 bits per heavy atom. The maximum absolute atomic E-state index is 12.5. The van der Waals surface area contributed by atoms with Crippen LogP contribution in [0.1, 0.15) is 10.4 Å². The number of nitrogen functional groups attached to an aromatic ring is 1. The second-order valence-electron chi connectivity index (χ2n) is 6.16. The zero-order chi connectivity index (χ0) is 20.8. The van der Waals surface area contributed by atoms with Crippen LogP contribution in [0.4, 0.5) is 5.82 Å². The van der Waals surface area contributed by atoms with Crippen LogP contribution < -0.4 is 15.8 Å². The van der Waals surface area contributed by atoms with E-state index in [0.717, 1.165) is 0 Å². The Morgan fingerprint density at radius 3 is 2.83 bits per heavy atom. The Balaban J connectivity index is 1.68. The average Bonchev–Trinajstić information content (AvgIpc) is 3.17. The molecule has 0 aliphatic rings. The van der Waals surface area contributed by atoms with Crippen LogP contribution in [0.25, 0.3) is 11.2 Å². The van der Waals surface area contributed by atoms with Crippen LogP contribution in [0.2, 0.25) is 0 Å². The molecule has 1 amide bonds. The Hall–Kier alpha value is -3.28. The Morgan fingerprint density at radius 2 is 2.10 bits per heavy atom. The molecule has 0 bridgehead atoms. The largest absolute Gasteiger partial charge is 0.497 e. The number of rotatable bonds is 9. The van der Waals surface area contributed by atoms with E-state index in [0.29, 0.717) is 22.5 Å². The van der Waals surface area contributed by atoms with Gasteiger partial charge in [-0.3, -0.25) is 9.36 Å². The van der Waals surface area contributed by atoms with Crippen molar-refractivity contribution in [2.24, 2.45) is 0 Å². The summed E-state index contributed by atoms with van der Waals surface area (Å²) < 4.78 is 12.4. The van der Waals surface area contributed by atoms with E-state index in [1.54, 1.807) is 28.8 Å². The van der Waals surface area contributed by atoms with Crippen molar-refractivity contribution in [3.8, 4) is 5.75 Å². The molecular weight excluding hydrogens is 380 g/mol. The Bertz CT molecular complexity index is 978. The minimum absolute atomic E-state index is 0.0241. The molecule has 0 spiro atoms. The quantitative estimate of drug-likeness (QED) is 0.372. The minimum Gasteiger partial charge on any atom is -0.497 e. The highest BCUT2D eigenvalue weighted by Gasteiger charge is 2.24. The number of aliphatic hydroxyl groups is 2. The first kappa shape index (κ1) is 20.5. The fourth-order valence-electron chi connectivity index (χ4n) is 2.74. The molecule has 2 heterocycles. The van der Waals surface area contributed by atoms with E-state index in [2.05, 4.69) is 20.3 Å². The first-order valence-electron chi connectivity index (χ1n) is 8.77. The van der Waals surface area contributed by atoms with Gasteiger partial charge in [0.05, 0.1) is 32.7 Å². The number of amides is 1. The van der Waals surface area contributed by atoms with E-state index < -0.39 is 31.3 Å². The van der Waals surface area contributed by atoms with Crippen molar-refractivity contribution in [3.05, 3.63) is 42.5 Å². The van der Waals surface area contributed by atoms with Gasteiger partial charge in [-0.1, -0.05) is 6.07 Å². The summed E-state index contributed by atoms with van der Waals surface area (Å²) in [7, 11) is 1.50. The normalized spacial score (nSPS) is 13.2. The summed E-state index contributed by atoms with van der Waals surface area (Å²) in [4.78, 5) is 24.6. The molecule has 29 heavy (non-hydrogen) atoms. The summed E-state index contributed by atoms with van der Waals surface area (Å²) >= 11 is 0. The standard InChI is InChI=1S/C18H22N6O5/c1-28-12-4-2-3-11(5-12)18(27)23-13(6-25)14(7-26)29-10-24-9-22-15-16(19)20-8-21-17(15)24/h2-5,8-9,13-14,25-26H,6-7,10H2,1H3,(H,23,27)(H2,19,20,21)/t13-,14-/m1/s1. The van der Waals surface area contributed by atoms with E-state index in [4.69, 9.17) is 15.2 Å². The third kappa shape index (κ3) is 4.59. The second-order valence-corrected chi connectivity index (χ2v) is 6.16. The first-order valence-corrected chi connectivity index (χ1v) is 8.77. The molecule has 3 rings (SSSR count). The highest BCUT2D eigenvalue weighted by atomic mass is 16.5. The fourth-order valence-corrected chi connectivity index (χ4v) is 2.74. The number of nitrogens with two attached hydrogens (primary N) is 1. The number of carbonyl (C=O) groups is 1. The SMILES string of the molecule is COc1cccc(C(=O)N[C@H](CO)[C@@H](CO)OCn2cnc3c(N)ncnc32)c1. The van der Waals surface area contributed by atoms with Crippen LogP contribution in [0.3, 0.4) is 0 Å². The fraction of sp³-hybridized carbons (Fsp3) is 0.333. The predicted octanol–water partition coefficient (Wildman–Crippen LogP) is -0.457. The number of aliphatic hydroxyl groups excluding tert-OH is 2. The number of anilines is 1. The number of aromatic nitrogens is 4. The molecule has 154 valence electrons. The molecular formula is C18H22N6O5. The van der Waals surface area contributed by atoms with Gasteiger partial charge in [-0.25, -0.2) is 15.0 Å². The van der Waals surface area contributed by atoms with Gasteiger partial charge in [0.15, 0.2) is 11.5 Å². The second kappa shape index (κ2) is 9.28. The third-order valence-corrected chi connectivity index (χ3v) is 4.33. The summed E-state index contributed by atoms with van der Waals surface area (Å²) in [6.07, 6.45) is 1.92. The maximum atomic E-state index is 12.5. The molecule has 0 saturated heterocycles. The van der Waals surface area contributed by atoms with Crippen molar-refractivity contribution in [1.29, 1.82) is 0 Å². The summed E-state index contributed by atoms with van der Waals surface area (Å²) in [5.74, 6) is 0.339. The summed E-state index contributed by atoms with van der Waals surface area (Å²) in [6, 6.07) is 5.74. The van der Waals surface area contributed by atoms with Gasteiger partial charge in [-0.15, -0.1) is 0 Å². The lowest BCUT2D eigenvalue weighted by atomic mass is 10.1. The van der Waals surface area contributed by atoms with Crippen LogP contribution in [0, 0.1) is 0 Å². The van der Waals surface area contributed by atoms with Gasteiger partial charge in [0.25, 0.3) is 5.91 Å². The van der Waals surface area contributed by atoms with Crippen molar-refractivity contribution in [2.45, 2.75) is 18.9 Å². The van der Waals surface area contributed by atoms with Crippen molar-refractivity contribution in [2.75, 3.05) is 26.1 Å². The molecule has 0 aliphatic heterocycles. The maximum Gasteiger partial charge on any atom is 0.251 e. The van der Waals surface area contributed by atoms with E-state index >= 15 is 0 Å². The van der Waals surface area contributed by atoms with Crippen molar-refractivity contribution in [3.63, 3.8) is 0 Å². The predicted molar refractivity (Wildman–Crippen MR) is 103 cm³/mol. The van der Waals surface area contributed by atoms with Gasteiger partial charge in [-0.2, -0.15) is 0 Å². The molecule has 5 N–H and O–H groups in total. The zero-order valence-electron chi connectivity index (χ0n) is 15.7. The zero-order valence-corrected chi connectivity index (χ0v) is 15.7. The average molecular weight is 402 g/mol. The molecule has 2 atom stereocenters. The lowest BCUT2D eigenvalue weighted by molar-refractivity contribution is -0.0495. The minimum atomic E-state index is -0.869. The number of nitrogens with one attached hydrogen (secondary N) is 1. The van der Waals surface area contributed by atoms with Crippen LogP contribution in [0.5, 0.6) is 5.75 Å². The van der Waals surface area contributed by atoms with Crippen LogP contribution in [-0.2, 0) is 11.5 Å². The number of methoxy groups -OCH3 is 1. The molecule has 0 aliphatic carbocycles. The molecule has 0 radical (unpaired) electrons. The van der Waals surface area contributed by atoms with E-state index in [-0.39, 0.29) is 12.5 Å². The number of hydrogen-bond acceptors (Lipinski definition) is 9. The molecule has 0 fully saturated rings. The first-order chi connectivity index (χ1) is 14.1. The number of ether oxygens (including phenoxy) is 2. The third-order valence-electron chi connectivity index (χ3n) is 4.33. The van der Waals surface area contributed by atoms with Crippen LogP contribution in [-0.4, -0.2) is 68.1 Å². The van der Waals surface area contributed by atoms with E-state index in [1.165, 1.54) is 19.8 Å². The monoisotopic (exact) mass is 402 g/mol. The van der Waals surface area contributed by atoms with Crippen LogP contribution >= 0.6 is 0 Å². The topological polar surface area (TPSA) is 158 Å². The molecule has 2 aromatic heterocycles. The number of imidazole rings is 1. The lowest BCUT2D eigenvalue weighted by Gasteiger charge is -2.25. The van der Waals surface area contributed by atoms with Crippen molar-refractivity contribution in [1.82, 2.24) is 24.8 Å². The highest BCUT2D eigenvalue weighted by molar-refractivity contribution is 5.94. The van der Waals surface area contributed by atoms with E-state index in [1.807, 2.05) is 0 Å². The molecule has 11 nitrogen and oxygen atoms in total. The molecule has 11 heteroatoms. The van der Waals surface area contributed by atoms with Crippen molar-refractivity contribution >= 4 is 22.9 Å². The molecule has 1 aromatic carbocycles. The van der Waals surface area contributed by atoms with Gasteiger partial charge in [0.2, 0.25) is 0 Å². The van der Waals surface area contributed by atoms with Gasteiger partial charge < -0.3 is 30.7 Å². The molecule has 0 unspecified atom stereocenters. The molecule has 0 saturated carbocycles. The number of nitrogens with zero attached hydrogens (tertiary/aromatic N) is 4. The molecule has 3 aromatic rings. The Kier molecular flexibility index (Phi) is 6.54. The summed E-state index contributed by atoms with van der Waals surface area (Å²) in [6.45, 7) is -0.877. The number of carbonyl (C=O) groups excluding carboxylic acids is 1. The lowest BCUT2D eigenvalue weighted by Crippen LogP contribution is -2.48. The van der Waals surface area contributed by atoms with Gasteiger partial charge in [0.1, 0.15) is 30.4 Å². The highest BCUT2D eigenvalue weighted by Crippen LogP contribution is 2.15. The van der Waals surface area contributed by atoms with Gasteiger partial charge in [0, 0.05) is 5.56 Å². The summed E-state index contributed by atoms with van der Waals surface area (Å²) in [5.41, 5.74) is 7.01. The number of fused-ring (bicyclic) bond motifs is 1. The van der Waals surface area contributed by atoms with Gasteiger partial charge in [-0.05, 0) is 18.2 Å². The number of benzene rings is 1. The Labute approximate surface area is 166 Å². The van der Waals surface area contributed by atoms with E-state index in [9.17, 15) is 15.0 Å². The summed E-state index contributed by atoms with van der Waals surface area (Å²) in [5, 5.41) is 22.1. The van der Waals surface area contributed by atoms with Crippen molar-refractivity contribution < 1.29 is 24.5 Å². The van der Waals surface area contributed by atoms with Crippen LogP contribution in [0.15, 0.2) is 36.9 Å².